The van der Waals surface area contributed by atoms with Crippen LogP contribution in [0, 0.1) is 18.8 Å². The molecule has 0 saturated carbocycles. The summed E-state index contributed by atoms with van der Waals surface area (Å²) >= 11 is 0. The lowest BCUT2D eigenvalue weighted by Crippen LogP contribution is -2.50. The van der Waals surface area contributed by atoms with Crippen LogP contribution in [0.3, 0.4) is 0 Å². The van der Waals surface area contributed by atoms with Crippen LogP contribution in [0.1, 0.15) is 47.3 Å². The number of aryl methyl sites for hydroxylation is 1. The first-order chi connectivity index (χ1) is 16.0. The van der Waals surface area contributed by atoms with Gasteiger partial charge in [-0.15, -0.1) is 0 Å². The maximum Gasteiger partial charge on any atom is 0.255 e. The Labute approximate surface area is 196 Å². The molecule has 6 heteroatoms. The number of carbonyl (C=O) groups excluding carboxylic acids is 2. The van der Waals surface area contributed by atoms with Crippen LogP contribution >= 0.6 is 0 Å². The highest BCUT2D eigenvalue weighted by Gasteiger charge is 2.35. The standard InChI is InChI=1S/C27H35N3O3/c1-20-8-9-24(19-28-20)27(32)30-14-10-22(11-15-30)25(18-21-6-4-3-5-7-21)29(2)26(31)23-12-16-33-17-13-23/h3-9,19,22-23,25H,10-18H2,1-2H3. The number of benzene rings is 1. The van der Waals surface area contributed by atoms with Crippen molar-refractivity contribution < 1.29 is 14.3 Å². The number of pyridine rings is 1. The molecule has 0 radical (unpaired) electrons. The number of likely N-dealkylation sites (tertiary alicyclic amines) is 1. The minimum Gasteiger partial charge on any atom is -0.381 e. The van der Waals surface area contributed by atoms with Gasteiger partial charge in [0.05, 0.1) is 5.56 Å². The number of amides is 2. The van der Waals surface area contributed by atoms with E-state index < -0.39 is 0 Å². The Balaban J connectivity index is 1.44. The minimum atomic E-state index is 0.0483. The van der Waals surface area contributed by atoms with Crippen LogP contribution in [-0.2, 0) is 16.0 Å². The van der Waals surface area contributed by atoms with Gasteiger partial charge in [0.25, 0.3) is 5.91 Å². The molecule has 2 aliphatic heterocycles. The molecule has 1 aromatic heterocycles. The van der Waals surface area contributed by atoms with E-state index in [1.54, 1.807) is 6.20 Å². The average molecular weight is 450 g/mol. The molecule has 0 aliphatic carbocycles. The number of aromatic nitrogens is 1. The van der Waals surface area contributed by atoms with Crippen molar-refractivity contribution in [2.24, 2.45) is 11.8 Å². The molecule has 1 atom stereocenters. The molecule has 0 bridgehead atoms. The summed E-state index contributed by atoms with van der Waals surface area (Å²) in [5.41, 5.74) is 2.80. The van der Waals surface area contributed by atoms with E-state index in [0.29, 0.717) is 37.8 Å². The summed E-state index contributed by atoms with van der Waals surface area (Å²) in [5.74, 6) is 0.701. The predicted octanol–water partition coefficient (Wildman–Crippen LogP) is 3.74. The Kier molecular flexibility index (Phi) is 7.76. The number of hydrogen-bond donors (Lipinski definition) is 0. The quantitative estimate of drug-likeness (QED) is 0.674. The van der Waals surface area contributed by atoms with Crippen LogP contribution in [0.4, 0.5) is 0 Å². The lowest BCUT2D eigenvalue weighted by molar-refractivity contribution is -0.140. The molecule has 1 aromatic carbocycles. The number of piperidine rings is 1. The van der Waals surface area contributed by atoms with E-state index in [-0.39, 0.29) is 23.8 Å². The smallest absolute Gasteiger partial charge is 0.255 e. The van der Waals surface area contributed by atoms with E-state index in [0.717, 1.165) is 37.8 Å². The summed E-state index contributed by atoms with van der Waals surface area (Å²) in [6.07, 6.45) is 5.91. The third-order valence-electron chi connectivity index (χ3n) is 7.23. The molecule has 4 rings (SSSR count). The predicted molar refractivity (Wildman–Crippen MR) is 128 cm³/mol. The van der Waals surface area contributed by atoms with E-state index in [9.17, 15) is 9.59 Å². The third-order valence-corrected chi connectivity index (χ3v) is 7.23. The van der Waals surface area contributed by atoms with E-state index in [1.165, 1.54) is 5.56 Å². The molecule has 0 spiro atoms. The van der Waals surface area contributed by atoms with Gasteiger partial charge in [-0.3, -0.25) is 14.6 Å². The second-order valence-corrected chi connectivity index (χ2v) is 9.41. The second-order valence-electron chi connectivity index (χ2n) is 9.41. The van der Waals surface area contributed by atoms with Gasteiger partial charge in [-0.25, -0.2) is 0 Å². The molecule has 2 fully saturated rings. The molecular formula is C27H35N3O3. The molecule has 2 saturated heterocycles. The first-order valence-electron chi connectivity index (χ1n) is 12.1. The van der Waals surface area contributed by atoms with E-state index >= 15 is 0 Å². The van der Waals surface area contributed by atoms with E-state index in [2.05, 4.69) is 29.2 Å². The van der Waals surface area contributed by atoms with Gasteiger partial charge >= 0.3 is 0 Å². The minimum absolute atomic E-state index is 0.0483. The monoisotopic (exact) mass is 449 g/mol. The zero-order valence-corrected chi connectivity index (χ0v) is 19.8. The van der Waals surface area contributed by atoms with Crippen molar-refractivity contribution in [3.8, 4) is 0 Å². The van der Waals surface area contributed by atoms with Gasteiger partial charge in [-0.05, 0) is 62.6 Å². The fourth-order valence-corrected chi connectivity index (χ4v) is 5.14. The zero-order valence-electron chi connectivity index (χ0n) is 19.8. The van der Waals surface area contributed by atoms with Crippen molar-refractivity contribution in [2.45, 2.75) is 45.1 Å². The number of ether oxygens (including phenoxy) is 1. The fourth-order valence-electron chi connectivity index (χ4n) is 5.14. The topological polar surface area (TPSA) is 62.7 Å². The van der Waals surface area contributed by atoms with Gasteiger partial charge in [-0.2, -0.15) is 0 Å². The Morgan fingerprint density at radius 2 is 1.76 bits per heavy atom. The highest BCUT2D eigenvalue weighted by Crippen LogP contribution is 2.29. The first-order valence-corrected chi connectivity index (χ1v) is 12.1. The average Bonchev–Trinajstić information content (AvgIpc) is 2.88. The highest BCUT2D eigenvalue weighted by atomic mass is 16.5. The normalized spacial score (nSPS) is 18.7. The number of hydrogen-bond acceptors (Lipinski definition) is 4. The second kappa shape index (κ2) is 10.9. The van der Waals surface area contributed by atoms with Gasteiger partial charge in [0.15, 0.2) is 0 Å². The van der Waals surface area contributed by atoms with E-state index in [4.69, 9.17) is 4.74 Å². The third kappa shape index (κ3) is 5.80. The van der Waals surface area contributed by atoms with Crippen molar-refractivity contribution in [1.82, 2.24) is 14.8 Å². The highest BCUT2D eigenvalue weighted by molar-refractivity contribution is 5.94. The summed E-state index contributed by atoms with van der Waals surface area (Å²) in [6, 6.07) is 14.3. The van der Waals surface area contributed by atoms with Crippen molar-refractivity contribution >= 4 is 11.8 Å². The van der Waals surface area contributed by atoms with Crippen molar-refractivity contribution in [3.05, 3.63) is 65.5 Å². The molecule has 0 N–H and O–H groups in total. The maximum atomic E-state index is 13.4. The van der Waals surface area contributed by atoms with Crippen LogP contribution < -0.4 is 0 Å². The van der Waals surface area contributed by atoms with Crippen LogP contribution in [-0.4, -0.2) is 66.0 Å². The number of likely N-dealkylation sites (N-methyl/N-ethyl adjacent to an activating group) is 1. The number of carbonyl (C=O) groups is 2. The lowest BCUT2D eigenvalue weighted by Gasteiger charge is -2.41. The Hall–Kier alpha value is -2.73. The molecule has 2 aliphatic rings. The van der Waals surface area contributed by atoms with Gasteiger partial charge in [0.2, 0.25) is 5.91 Å². The summed E-state index contributed by atoms with van der Waals surface area (Å²) in [5, 5.41) is 0. The van der Waals surface area contributed by atoms with E-state index in [1.807, 2.05) is 42.0 Å². The molecular weight excluding hydrogens is 414 g/mol. The molecule has 33 heavy (non-hydrogen) atoms. The SMILES string of the molecule is Cc1ccc(C(=O)N2CCC(C(Cc3ccccc3)N(C)C(=O)C3CCOCC3)CC2)cn1. The molecule has 1 unspecified atom stereocenters. The maximum absolute atomic E-state index is 13.4. The van der Waals surface area contributed by atoms with Crippen LogP contribution in [0.2, 0.25) is 0 Å². The van der Waals surface area contributed by atoms with Crippen molar-refractivity contribution in [3.63, 3.8) is 0 Å². The molecule has 3 heterocycles. The molecule has 2 aromatic rings. The summed E-state index contributed by atoms with van der Waals surface area (Å²) in [6.45, 7) is 4.68. The molecule has 176 valence electrons. The largest absolute Gasteiger partial charge is 0.381 e. The number of nitrogens with zero attached hydrogens (tertiary/aromatic N) is 3. The summed E-state index contributed by atoms with van der Waals surface area (Å²) in [7, 11) is 1.97. The number of rotatable bonds is 6. The lowest BCUT2D eigenvalue weighted by atomic mass is 9.84. The fraction of sp³-hybridized carbons (Fsp3) is 0.519. The Bertz CT molecular complexity index is 917. The molecule has 6 nitrogen and oxygen atoms in total. The first kappa shape index (κ1) is 23.4. The van der Waals surface area contributed by atoms with Crippen LogP contribution in [0.15, 0.2) is 48.7 Å². The summed E-state index contributed by atoms with van der Waals surface area (Å²) < 4.78 is 5.47. The van der Waals surface area contributed by atoms with Gasteiger partial charge in [0.1, 0.15) is 0 Å². The zero-order chi connectivity index (χ0) is 23.2. The van der Waals surface area contributed by atoms with Crippen LogP contribution in [0.25, 0.3) is 0 Å². The molecule has 2 amide bonds. The van der Waals surface area contributed by atoms with Gasteiger partial charge in [0, 0.05) is 57.2 Å². The summed E-state index contributed by atoms with van der Waals surface area (Å²) in [4.78, 5) is 34.5. The van der Waals surface area contributed by atoms with Crippen LogP contribution in [0.5, 0.6) is 0 Å². The Morgan fingerprint density at radius 3 is 2.39 bits per heavy atom. The van der Waals surface area contributed by atoms with Gasteiger partial charge in [-0.1, -0.05) is 30.3 Å². The Morgan fingerprint density at radius 1 is 1.06 bits per heavy atom. The van der Waals surface area contributed by atoms with Crippen molar-refractivity contribution in [1.29, 1.82) is 0 Å². The van der Waals surface area contributed by atoms with Gasteiger partial charge < -0.3 is 14.5 Å². The van der Waals surface area contributed by atoms with Crippen molar-refractivity contribution in [2.75, 3.05) is 33.4 Å².